The van der Waals surface area contributed by atoms with Gasteiger partial charge in [0.1, 0.15) is 17.4 Å². The van der Waals surface area contributed by atoms with E-state index >= 15 is 0 Å². The first-order valence-corrected chi connectivity index (χ1v) is 7.84. The molecule has 0 aliphatic carbocycles. The molecule has 120 valence electrons. The highest BCUT2D eigenvalue weighted by atomic mass is 16.2. The van der Waals surface area contributed by atoms with Crippen LogP contribution in [0.25, 0.3) is 11.0 Å². The highest BCUT2D eigenvalue weighted by Gasteiger charge is 2.23. The Bertz CT molecular complexity index is 977. The van der Waals surface area contributed by atoms with Gasteiger partial charge in [0.15, 0.2) is 5.69 Å². The average Bonchev–Trinajstić information content (AvgIpc) is 3.11. The van der Waals surface area contributed by atoms with Gasteiger partial charge in [-0.25, -0.2) is 4.98 Å². The molecule has 4 rings (SSSR count). The second-order valence-electron chi connectivity index (χ2n) is 5.97. The molecule has 7 heteroatoms. The van der Waals surface area contributed by atoms with Crippen LogP contribution in [0, 0.1) is 11.3 Å². The van der Waals surface area contributed by atoms with E-state index in [2.05, 4.69) is 16.2 Å². The lowest BCUT2D eigenvalue weighted by Crippen LogP contribution is -2.31. The lowest BCUT2D eigenvalue weighted by molar-refractivity contribution is 0.0740. The Hall–Kier alpha value is -3.14. The second-order valence-corrected chi connectivity index (χ2v) is 5.97. The lowest BCUT2D eigenvalue weighted by Gasteiger charge is -2.19. The molecule has 0 saturated heterocycles. The molecule has 3 aromatic rings. The van der Waals surface area contributed by atoms with E-state index in [-0.39, 0.29) is 5.91 Å². The van der Waals surface area contributed by atoms with Crippen molar-refractivity contribution in [1.29, 1.82) is 5.26 Å². The molecular weight excluding hydrogens is 304 g/mol. The van der Waals surface area contributed by atoms with Crippen LogP contribution in [0.15, 0.2) is 30.5 Å². The van der Waals surface area contributed by atoms with E-state index < -0.39 is 0 Å². The van der Waals surface area contributed by atoms with Gasteiger partial charge in [-0.3, -0.25) is 9.48 Å². The monoisotopic (exact) mass is 320 g/mol. The maximum absolute atomic E-state index is 12.9. The van der Waals surface area contributed by atoms with Gasteiger partial charge in [0.05, 0.1) is 12.2 Å². The van der Waals surface area contributed by atoms with Gasteiger partial charge in [0, 0.05) is 31.7 Å². The summed E-state index contributed by atoms with van der Waals surface area (Å²) >= 11 is 0. The molecule has 0 fully saturated rings. The zero-order valence-electron chi connectivity index (χ0n) is 13.3. The SMILES string of the molecule is Cn1ccc2ccc(C(=O)N3CCCn4nc(C#N)cc4C3)nc21. The summed E-state index contributed by atoms with van der Waals surface area (Å²) in [6.45, 7) is 1.81. The fraction of sp³-hybridized carbons (Fsp3) is 0.294. The molecule has 0 radical (unpaired) electrons. The predicted octanol–water partition coefficient (Wildman–Crippen LogP) is 1.69. The van der Waals surface area contributed by atoms with Gasteiger partial charge in [-0.2, -0.15) is 10.4 Å². The number of fused-ring (bicyclic) bond motifs is 2. The Morgan fingerprint density at radius 1 is 1.29 bits per heavy atom. The predicted molar refractivity (Wildman–Crippen MR) is 87.0 cm³/mol. The Balaban J connectivity index is 1.65. The van der Waals surface area contributed by atoms with Crippen molar-refractivity contribution in [1.82, 2.24) is 24.2 Å². The number of aryl methyl sites for hydroxylation is 2. The number of pyridine rings is 1. The molecule has 0 aromatic carbocycles. The summed E-state index contributed by atoms with van der Waals surface area (Å²) in [7, 11) is 1.91. The average molecular weight is 320 g/mol. The Morgan fingerprint density at radius 3 is 3.00 bits per heavy atom. The van der Waals surface area contributed by atoms with Crippen molar-refractivity contribution in [2.75, 3.05) is 6.54 Å². The standard InChI is InChI=1S/C17H16N6O/c1-21-8-5-12-3-4-15(19-16(12)21)17(24)22-6-2-7-23-14(11-22)9-13(10-18)20-23/h3-5,8-9H,2,6-7,11H2,1H3. The highest BCUT2D eigenvalue weighted by molar-refractivity contribution is 5.94. The molecular formula is C17H16N6O. The summed E-state index contributed by atoms with van der Waals surface area (Å²) in [5.41, 5.74) is 2.52. The zero-order valence-corrected chi connectivity index (χ0v) is 13.3. The van der Waals surface area contributed by atoms with E-state index in [1.165, 1.54) is 0 Å². The largest absolute Gasteiger partial charge is 0.336 e. The van der Waals surface area contributed by atoms with Crippen molar-refractivity contribution in [3.63, 3.8) is 0 Å². The molecule has 0 N–H and O–H groups in total. The summed E-state index contributed by atoms with van der Waals surface area (Å²) in [6, 6.07) is 9.47. The number of nitrogens with zero attached hydrogens (tertiary/aromatic N) is 6. The van der Waals surface area contributed by atoms with Crippen LogP contribution in [0.4, 0.5) is 0 Å². The molecule has 0 spiro atoms. The third-order valence-corrected chi connectivity index (χ3v) is 4.35. The van der Waals surface area contributed by atoms with Crippen LogP contribution < -0.4 is 0 Å². The van der Waals surface area contributed by atoms with Gasteiger partial charge in [-0.05, 0) is 30.7 Å². The van der Waals surface area contributed by atoms with E-state index in [0.29, 0.717) is 31.0 Å². The Kier molecular flexibility index (Phi) is 3.31. The van der Waals surface area contributed by atoms with E-state index in [1.807, 2.05) is 34.6 Å². The number of hydrogen-bond donors (Lipinski definition) is 0. The van der Waals surface area contributed by atoms with E-state index in [1.54, 1.807) is 17.0 Å². The number of aromatic nitrogens is 4. The molecule has 1 aliphatic rings. The molecule has 7 nitrogen and oxygen atoms in total. The van der Waals surface area contributed by atoms with Gasteiger partial charge in [-0.15, -0.1) is 0 Å². The van der Waals surface area contributed by atoms with Crippen LogP contribution in [-0.2, 0) is 20.1 Å². The van der Waals surface area contributed by atoms with Crippen molar-refractivity contribution >= 4 is 16.9 Å². The molecule has 0 unspecified atom stereocenters. The first-order valence-electron chi connectivity index (χ1n) is 7.84. The van der Waals surface area contributed by atoms with E-state index in [9.17, 15) is 4.79 Å². The molecule has 3 aromatic heterocycles. The number of carbonyl (C=O) groups excluding carboxylic acids is 1. The van der Waals surface area contributed by atoms with Crippen LogP contribution in [0.3, 0.4) is 0 Å². The first kappa shape index (κ1) is 14.5. The third kappa shape index (κ3) is 2.33. The van der Waals surface area contributed by atoms with E-state index in [0.717, 1.165) is 23.1 Å². The van der Waals surface area contributed by atoms with Crippen LogP contribution in [-0.4, -0.2) is 36.7 Å². The summed E-state index contributed by atoms with van der Waals surface area (Å²) in [5, 5.41) is 14.3. The second kappa shape index (κ2) is 5.49. The van der Waals surface area contributed by atoms with Crippen molar-refractivity contribution in [3.05, 3.63) is 47.5 Å². The number of hydrogen-bond acceptors (Lipinski definition) is 4. The van der Waals surface area contributed by atoms with Crippen molar-refractivity contribution < 1.29 is 4.79 Å². The van der Waals surface area contributed by atoms with Crippen LogP contribution in [0.5, 0.6) is 0 Å². The third-order valence-electron chi connectivity index (χ3n) is 4.35. The lowest BCUT2D eigenvalue weighted by atomic mass is 10.2. The minimum atomic E-state index is -0.0914. The summed E-state index contributed by atoms with van der Waals surface area (Å²) in [4.78, 5) is 19.2. The zero-order chi connectivity index (χ0) is 16.7. The number of nitriles is 1. The van der Waals surface area contributed by atoms with Gasteiger partial charge in [-0.1, -0.05) is 0 Å². The van der Waals surface area contributed by atoms with Gasteiger partial charge >= 0.3 is 0 Å². The minimum absolute atomic E-state index is 0.0914. The molecule has 0 bridgehead atoms. The van der Waals surface area contributed by atoms with Crippen LogP contribution in [0.2, 0.25) is 0 Å². The summed E-state index contributed by atoms with van der Waals surface area (Å²) < 4.78 is 3.72. The maximum Gasteiger partial charge on any atom is 0.272 e. The van der Waals surface area contributed by atoms with Gasteiger partial charge in [0.25, 0.3) is 5.91 Å². The minimum Gasteiger partial charge on any atom is -0.336 e. The quantitative estimate of drug-likeness (QED) is 0.683. The van der Waals surface area contributed by atoms with Crippen molar-refractivity contribution in [2.24, 2.45) is 7.05 Å². The van der Waals surface area contributed by atoms with Crippen LogP contribution >= 0.6 is 0 Å². The fourth-order valence-electron chi connectivity index (χ4n) is 3.11. The molecule has 0 saturated carbocycles. The van der Waals surface area contributed by atoms with E-state index in [4.69, 9.17) is 5.26 Å². The fourth-order valence-corrected chi connectivity index (χ4v) is 3.11. The van der Waals surface area contributed by atoms with Gasteiger partial charge in [0.2, 0.25) is 0 Å². The topological polar surface area (TPSA) is 79.7 Å². The first-order chi connectivity index (χ1) is 11.7. The molecule has 0 atom stereocenters. The van der Waals surface area contributed by atoms with Crippen molar-refractivity contribution in [3.8, 4) is 6.07 Å². The maximum atomic E-state index is 12.9. The highest BCUT2D eigenvalue weighted by Crippen LogP contribution is 2.18. The van der Waals surface area contributed by atoms with Gasteiger partial charge < -0.3 is 9.47 Å². The summed E-state index contributed by atoms with van der Waals surface area (Å²) in [5.74, 6) is -0.0914. The smallest absolute Gasteiger partial charge is 0.272 e. The molecule has 4 heterocycles. The normalized spacial score (nSPS) is 14.2. The molecule has 1 amide bonds. The van der Waals surface area contributed by atoms with Crippen LogP contribution in [0.1, 0.15) is 28.3 Å². The number of amides is 1. The molecule has 24 heavy (non-hydrogen) atoms. The Morgan fingerprint density at radius 2 is 2.17 bits per heavy atom. The summed E-state index contributed by atoms with van der Waals surface area (Å²) in [6.07, 6.45) is 2.73. The number of rotatable bonds is 1. The molecule has 1 aliphatic heterocycles. The van der Waals surface area contributed by atoms with Crippen molar-refractivity contribution in [2.45, 2.75) is 19.5 Å². The number of carbonyl (C=O) groups is 1. The Labute approximate surface area is 138 Å².